The fraction of sp³-hybridized carbons (Fsp3) is 0.250. The number of methoxy groups -OCH3 is 1. The summed E-state index contributed by atoms with van der Waals surface area (Å²) in [6.07, 6.45) is -0.882. The van der Waals surface area contributed by atoms with Crippen LogP contribution in [0.15, 0.2) is 48.5 Å². The van der Waals surface area contributed by atoms with Crippen molar-refractivity contribution < 1.29 is 23.5 Å². The number of hydrogen-bond donors (Lipinski definition) is 5. The molecule has 0 aromatic heterocycles. The molecule has 0 aliphatic carbocycles. The van der Waals surface area contributed by atoms with E-state index < -0.39 is 35.3 Å². The third kappa shape index (κ3) is 5.94. The first-order chi connectivity index (χ1) is 14.9. The molecule has 1 aliphatic rings. The van der Waals surface area contributed by atoms with Gasteiger partial charge < -0.3 is 26.4 Å². The maximum absolute atomic E-state index is 13.0. The Morgan fingerprint density at radius 1 is 1.19 bits per heavy atom. The highest BCUT2D eigenvalue weighted by Gasteiger charge is 2.35. The molecule has 9 nitrogen and oxygen atoms in total. The van der Waals surface area contributed by atoms with Gasteiger partial charge in [0.2, 0.25) is 11.8 Å². The number of rotatable bonds is 7. The molecule has 1 aliphatic heterocycles. The molecule has 1 heterocycles. The quantitative estimate of drug-likeness (QED) is 0.419. The first kappa shape index (κ1) is 22.5. The van der Waals surface area contributed by atoms with Crippen LogP contribution in [-0.4, -0.2) is 48.3 Å². The second-order valence-corrected chi connectivity index (χ2v) is 7.69. The fourth-order valence-corrected chi connectivity index (χ4v) is 3.70. The molecule has 31 heavy (non-hydrogen) atoms. The van der Waals surface area contributed by atoms with Gasteiger partial charge in [-0.05, 0) is 36.4 Å². The largest absolute Gasteiger partial charge is 0.495 e. The molecule has 3 amide bonds. The Kier molecular flexibility index (Phi) is 7.45. The van der Waals surface area contributed by atoms with Gasteiger partial charge in [-0.3, -0.25) is 19.7 Å². The highest BCUT2D eigenvalue weighted by Crippen LogP contribution is 2.23. The van der Waals surface area contributed by atoms with Gasteiger partial charge in [0.25, 0.3) is 5.91 Å². The molecule has 0 radical (unpaired) electrons. The standard InChI is InChI=1S/C20H22FN5O4S/c1-30-14-5-3-2-4-13(14)23-15(27)10-31-20-25-17(22)16(19(29)26-20)24-18(28)11-6-8-12(21)9-7-11/h2-9,16-17,20,25H,10,22H2,1H3,(H,23,27)(H,24,28)(H,26,29). The Morgan fingerprint density at radius 2 is 1.90 bits per heavy atom. The van der Waals surface area contributed by atoms with Crippen LogP contribution in [0.3, 0.4) is 0 Å². The molecule has 11 heteroatoms. The van der Waals surface area contributed by atoms with Crippen LogP contribution in [0.4, 0.5) is 10.1 Å². The molecule has 3 atom stereocenters. The summed E-state index contributed by atoms with van der Waals surface area (Å²) >= 11 is 1.13. The maximum atomic E-state index is 13.0. The van der Waals surface area contributed by atoms with Crippen LogP contribution in [0.2, 0.25) is 0 Å². The van der Waals surface area contributed by atoms with E-state index >= 15 is 0 Å². The minimum Gasteiger partial charge on any atom is -0.495 e. The van der Waals surface area contributed by atoms with E-state index in [0.717, 1.165) is 23.9 Å². The van der Waals surface area contributed by atoms with Gasteiger partial charge in [0.1, 0.15) is 23.1 Å². The van der Waals surface area contributed by atoms with E-state index in [1.165, 1.54) is 19.2 Å². The monoisotopic (exact) mass is 447 g/mol. The van der Waals surface area contributed by atoms with E-state index in [0.29, 0.717) is 11.4 Å². The third-order valence-corrected chi connectivity index (χ3v) is 5.43. The molecule has 0 bridgehead atoms. The van der Waals surface area contributed by atoms with Crippen molar-refractivity contribution in [3.63, 3.8) is 0 Å². The van der Waals surface area contributed by atoms with Gasteiger partial charge in [0.05, 0.1) is 24.7 Å². The van der Waals surface area contributed by atoms with Crippen molar-refractivity contribution in [1.82, 2.24) is 16.0 Å². The highest BCUT2D eigenvalue weighted by atomic mass is 32.2. The van der Waals surface area contributed by atoms with E-state index in [9.17, 15) is 18.8 Å². The van der Waals surface area contributed by atoms with Gasteiger partial charge >= 0.3 is 0 Å². The number of nitrogens with one attached hydrogen (secondary N) is 4. The van der Waals surface area contributed by atoms with Gasteiger partial charge in [-0.1, -0.05) is 12.1 Å². The van der Waals surface area contributed by atoms with Gasteiger partial charge in [-0.25, -0.2) is 4.39 Å². The fourth-order valence-electron chi connectivity index (χ4n) is 2.86. The molecule has 0 spiro atoms. The SMILES string of the molecule is COc1ccccc1NC(=O)CSC1NC(=O)C(NC(=O)c2ccc(F)cc2)C(N)N1. The van der Waals surface area contributed by atoms with Crippen molar-refractivity contribution in [1.29, 1.82) is 0 Å². The molecule has 1 saturated heterocycles. The molecule has 6 N–H and O–H groups in total. The van der Waals surface area contributed by atoms with E-state index in [1.807, 2.05) is 0 Å². The van der Waals surface area contributed by atoms with Crippen molar-refractivity contribution in [2.24, 2.45) is 5.73 Å². The van der Waals surface area contributed by atoms with Crippen LogP contribution in [0, 0.1) is 5.82 Å². The number of para-hydroxylation sites is 2. The van der Waals surface area contributed by atoms with E-state index in [-0.39, 0.29) is 17.2 Å². The average Bonchev–Trinajstić information content (AvgIpc) is 2.75. The topological polar surface area (TPSA) is 135 Å². The van der Waals surface area contributed by atoms with Crippen molar-refractivity contribution in [3.8, 4) is 5.75 Å². The van der Waals surface area contributed by atoms with Gasteiger partial charge in [0, 0.05) is 5.56 Å². The minimum absolute atomic E-state index is 0.0370. The Hall–Kier alpha value is -3.15. The number of hydrogen-bond acceptors (Lipinski definition) is 7. The lowest BCUT2D eigenvalue weighted by molar-refractivity contribution is -0.125. The van der Waals surface area contributed by atoms with Gasteiger partial charge in [-0.2, -0.15) is 0 Å². The summed E-state index contributed by atoms with van der Waals surface area (Å²) in [6.45, 7) is 0. The molecular weight excluding hydrogens is 425 g/mol. The number of carbonyl (C=O) groups excluding carboxylic acids is 3. The van der Waals surface area contributed by atoms with E-state index in [2.05, 4.69) is 21.3 Å². The Balaban J connectivity index is 1.50. The van der Waals surface area contributed by atoms with Crippen LogP contribution in [0.5, 0.6) is 5.75 Å². The van der Waals surface area contributed by atoms with Crippen LogP contribution in [0.25, 0.3) is 0 Å². The predicted molar refractivity (Wildman–Crippen MR) is 115 cm³/mol. The summed E-state index contributed by atoms with van der Waals surface area (Å²) in [5.41, 5.74) is 6.12. The second kappa shape index (κ2) is 10.2. The van der Waals surface area contributed by atoms with Crippen LogP contribution in [0.1, 0.15) is 10.4 Å². The molecule has 0 saturated carbocycles. The van der Waals surface area contributed by atoms with Gasteiger partial charge in [0.15, 0.2) is 0 Å². The third-order valence-electron chi connectivity index (χ3n) is 4.41. The van der Waals surface area contributed by atoms with Crippen molar-refractivity contribution in [2.45, 2.75) is 17.7 Å². The summed E-state index contributed by atoms with van der Waals surface area (Å²) in [5, 5.41) is 10.9. The first-order valence-electron chi connectivity index (χ1n) is 9.30. The summed E-state index contributed by atoms with van der Waals surface area (Å²) in [7, 11) is 1.51. The number of anilines is 1. The van der Waals surface area contributed by atoms with E-state index in [4.69, 9.17) is 10.5 Å². The van der Waals surface area contributed by atoms with Gasteiger partial charge in [-0.15, -0.1) is 11.8 Å². The molecular formula is C20H22FN5O4S. The number of halogens is 1. The molecule has 3 unspecified atom stereocenters. The van der Waals surface area contributed by atoms with E-state index in [1.54, 1.807) is 24.3 Å². The lowest BCUT2D eigenvalue weighted by Gasteiger charge is -2.35. The highest BCUT2D eigenvalue weighted by molar-refractivity contribution is 8.00. The van der Waals surface area contributed by atoms with Crippen LogP contribution >= 0.6 is 11.8 Å². The number of carbonyl (C=O) groups is 3. The van der Waals surface area contributed by atoms with Crippen LogP contribution in [-0.2, 0) is 9.59 Å². The molecule has 164 valence electrons. The molecule has 3 rings (SSSR count). The Morgan fingerprint density at radius 3 is 2.58 bits per heavy atom. The zero-order valence-electron chi connectivity index (χ0n) is 16.6. The number of benzene rings is 2. The summed E-state index contributed by atoms with van der Waals surface area (Å²) < 4.78 is 18.2. The molecule has 1 fully saturated rings. The number of amides is 3. The van der Waals surface area contributed by atoms with Crippen molar-refractivity contribution >= 4 is 35.2 Å². The maximum Gasteiger partial charge on any atom is 0.252 e. The molecule has 2 aromatic rings. The van der Waals surface area contributed by atoms with Crippen molar-refractivity contribution in [3.05, 3.63) is 59.9 Å². The van der Waals surface area contributed by atoms with Crippen molar-refractivity contribution in [2.75, 3.05) is 18.2 Å². The summed E-state index contributed by atoms with van der Waals surface area (Å²) in [6, 6.07) is 10.9. The smallest absolute Gasteiger partial charge is 0.252 e. The minimum atomic E-state index is -1.03. The Bertz CT molecular complexity index is 959. The molecule has 2 aromatic carbocycles. The zero-order chi connectivity index (χ0) is 22.4. The lowest BCUT2D eigenvalue weighted by atomic mass is 10.1. The average molecular weight is 447 g/mol. The lowest BCUT2D eigenvalue weighted by Crippen LogP contribution is -2.70. The summed E-state index contributed by atoms with van der Waals surface area (Å²) in [5.74, 6) is -1.24. The van der Waals surface area contributed by atoms with Crippen LogP contribution < -0.4 is 31.7 Å². The summed E-state index contributed by atoms with van der Waals surface area (Å²) in [4.78, 5) is 36.9. The first-order valence-corrected chi connectivity index (χ1v) is 10.3. The number of ether oxygens (including phenoxy) is 1. The zero-order valence-corrected chi connectivity index (χ0v) is 17.4. The number of thioether (sulfide) groups is 1. The normalized spacial score (nSPS) is 20.5. The Labute approximate surface area is 182 Å². The predicted octanol–water partition coefficient (Wildman–Crippen LogP) is 0.592. The number of nitrogens with two attached hydrogens (primary N) is 1. The second-order valence-electron chi connectivity index (χ2n) is 6.60.